The van der Waals surface area contributed by atoms with E-state index in [1.165, 1.54) is 4.70 Å². The molecule has 4 aromatic rings. The zero-order chi connectivity index (χ0) is 25.5. The number of anilines is 1. The maximum absolute atomic E-state index is 13.3. The van der Waals surface area contributed by atoms with Gasteiger partial charge in [-0.15, -0.1) is 22.7 Å². The number of carbonyl (C=O) groups is 1. The molecule has 1 atom stereocenters. The number of allylic oxidation sites excluding steroid dienone is 3. The lowest BCUT2D eigenvalue weighted by Crippen LogP contribution is -2.38. The van der Waals surface area contributed by atoms with Crippen molar-refractivity contribution in [2.24, 2.45) is 5.73 Å². The number of carbonyl (C=O) groups excluding carboxylic acids is 1. The van der Waals surface area contributed by atoms with Crippen molar-refractivity contribution < 1.29 is 4.79 Å². The van der Waals surface area contributed by atoms with Gasteiger partial charge in [-0.1, -0.05) is 41.6 Å². The van der Waals surface area contributed by atoms with Gasteiger partial charge >= 0.3 is 0 Å². The highest BCUT2D eigenvalue weighted by Gasteiger charge is 2.40. The molecule has 5 nitrogen and oxygen atoms in total. The van der Waals surface area contributed by atoms with Crippen LogP contribution >= 0.6 is 46.0 Å². The molecule has 3 heterocycles. The van der Waals surface area contributed by atoms with Gasteiger partial charge in [0.1, 0.15) is 5.82 Å². The predicted octanol–water partition coefficient (Wildman–Crippen LogP) is 7.61. The number of nitrogens with two attached hydrogens (primary N) is 1. The van der Waals surface area contributed by atoms with E-state index in [-0.39, 0.29) is 5.78 Å². The van der Waals surface area contributed by atoms with E-state index in [4.69, 9.17) is 22.3 Å². The number of para-hydroxylation sites is 1. The Labute approximate surface area is 231 Å². The number of thiophene rings is 1. The Balaban J connectivity index is 1.35. The molecular weight excluding hydrogens is 540 g/mol. The van der Waals surface area contributed by atoms with Crippen LogP contribution in [0.5, 0.6) is 0 Å². The van der Waals surface area contributed by atoms with Crippen LogP contribution in [0.4, 0.5) is 5.69 Å². The average molecular weight is 561 g/mol. The van der Waals surface area contributed by atoms with E-state index in [1.807, 2.05) is 41.3 Å². The lowest BCUT2D eigenvalue weighted by atomic mass is 9.78. The van der Waals surface area contributed by atoms with Gasteiger partial charge in [0.2, 0.25) is 0 Å². The number of thioether (sulfide) groups is 1. The maximum Gasteiger partial charge on any atom is 0.161 e. The highest BCUT2D eigenvalue weighted by molar-refractivity contribution is 8.00. The number of rotatable bonds is 5. The number of halogens is 1. The first kappa shape index (κ1) is 24.3. The zero-order valence-corrected chi connectivity index (χ0v) is 22.8. The first-order chi connectivity index (χ1) is 18.0. The number of nitriles is 1. The van der Waals surface area contributed by atoms with Gasteiger partial charge in [-0.25, -0.2) is 4.98 Å². The van der Waals surface area contributed by atoms with Crippen molar-refractivity contribution in [1.82, 2.24) is 4.98 Å². The van der Waals surface area contributed by atoms with Crippen molar-refractivity contribution in [2.75, 3.05) is 4.90 Å². The minimum atomic E-state index is -0.450. The predicted molar refractivity (Wildman–Crippen MR) is 153 cm³/mol. The summed E-state index contributed by atoms with van der Waals surface area (Å²) in [7, 11) is 0. The first-order valence-electron chi connectivity index (χ1n) is 11.8. The number of benzene rings is 2. The fourth-order valence-corrected chi connectivity index (χ4v) is 8.28. The Morgan fingerprint density at radius 1 is 1.19 bits per heavy atom. The summed E-state index contributed by atoms with van der Waals surface area (Å²) in [5.74, 6) is 0.757. The molecule has 37 heavy (non-hydrogen) atoms. The zero-order valence-electron chi connectivity index (χ0n) is 19.6. The maximum atomic E-state index is 13.3. The molecule has 0 saturated heterocycles. The molecule has 0 radical (unpaired) electrons. The molecule has 1 aliphatic heterocycles. The van der Waals surface area contributed by atoms with E-state index in [1.54, 1.807) is 40.5 Å². The van der Waals surface area contributed by atoms with E-state index in [0.29, 0.717) is 28.4 Å². The van der Waals surface area contributed by atoms with Crippen LogP contribution in [0.3, 0.4) is 0 Å². The molecule has 0 saturated carbocycles. The minimum Gasteiger partial charge on any atom is -0.384 e. The van der Waals surface area contributed by atoms with Gasteiger partial charge in [-0.05, 0) is 60.2 Å². The topological polar surface area (TPSA) is 83.0 Å². The smallest absolute Gasteiger partial charge is 0.161 e. The summed E-state index contributed by atoms with van der Waals surface area (Å²) in [6.07, 6.45) is 1.95. The van der Waals surface area contributed by atoms with Crippen LogP contribution < -0.4 is 10.6 Å². The summed E-state index contributed by atoms with van der Waals surface area (Å²) in [6.45, 7) is 0. The van der Waals surface area contributed by atoms with Crippen molar-refractivity contribution in [3.63, 3.8) is 0 Å². The molecule has 0 fully saturated rings. The van der Waals surface area contributed by atoms with Crippen molar-refractivity contribution in [2.45, 2.75) is 35.3 Å². The van der Waals surface area contributed by atoms with Crippen molar-refractivity contribution in [3.05, 3.63) is 98.1 Å². The Bertz CT molecular complexity index is 1610. The Morgan fingerprint density at radius 3 is 2.86 bits per heavy atom. The number of Topliss-reactive ketones (excluding diaryl/α,β-unsaturated/α-hetero) is 1. The molecule has 0 unspecified atom stereocenters. The minimum absolute atomic E-state index is 0.0809. The summed E-state index contributed by atoms with van der Waals surface area (Å²) in [5, 5.41) is 12.9. The molecule has 9 heteroatoms. The second-order valence-corrected chi connectivity index (χ2v) is 12.5. The third kappa shape index (κ3) is 4.47. The number of ketones is 1. The third-order valence-corrected chi connectivity index (χ3v) is 10.1. The standard InChI is InChI=1S/C28H21ClN4OS3/c29-17-5-3-6-18(12-17)33-21-8-4-9-22(34)26(21)25(19(13-30)27(33)31)24-11-16(14-35-24)15-36-28-32-20-7-1-2-10-23(20)37-28/h1-3,5-7,10-12,14,25H,4,8-9,15,31H2/t25-/m0/s1. The SMILES string of the molecule is N#CC1=C(N)N(c2cccc(Cl)c2)C2=C(C(=O)CCC2)[C@@H]1c1cc(CSc2nc3ccccc3s2)cs1. The van der Waals surface area contributed by atoms with Crippen LogP contribution in [-0.4, -0.2) is 10.8 Å². The second kappa shape index (κ2) is 9.99. The summed E-state index contributed by atoms with van der Waals surface area (Å²) < 4.78 is 2.20. The number of fused-ring (bicyclic) bond motifs is 1. The number of aromatic nitrogens is 1. The van der Waals surface area contributed by atoms with Crippen molar-refractivity contribution in [1.29, 1.82) is 5.26 Å². The molecule has 184 valence electrons. The van der Waals surface area contributed by atoms with E-state index < -0.39 is 5.92 Å². The van der Waals surface area contributed by atoms with E-state index in [0.717, 1.165) is 50.3 Å². The normalized spacial score (nSPS) is 17.9. The largest absolute Gasteiger partial charge is 0.384 e. The van der Waals surface area contributed by atoms with E-state index >= 15 is 0 Å². The fraction of sp³-hybridized carbons (Fsp3) is 0.179. The van der Waals surface area contributed by atoms with Crippen LogP contribution in [0.2, 0.25) is 5.02 Å². The van der Waals surface area contributed by atoms with Gasteiger partial charge in [0.05, 0.1) is 27.8 Å². The third-order valence-electron chi connectivity index (χ3n) is 6.57. The molecule has 2 N–H and O–H groups in total. The average Bonchev–Trinajstić information content (AvgIpc) is 3.53. The Morgan fingerprint density at radius 2 is 2.05 bits per heavy atom. The fourth-order valence-electron chi connectivity index (χ4n) is 4.96. The quantitative estimate of drug-likeness (QED) is 0.253. The van der Waals surface area contributed by atoms with Crippen LogP contribution in [0.15, 0.2) is 87.0 Å². The van der Waals surface area contributed by atoms with Gasteiger partial charge in [0, 0.05) is 39.0 Å². The summed E-state index contributed by atoms with van der Waals surface area (Å²) in [6, 6.07) is 20.0. The molecule has 0 bridgehead atoms. The van der Waals surface area contributed by atoms with Crippen molar-refractivity contribution in [3.8, 4) is 6.07 Å². The van der Waals surface area contributed by atoms with E-state index in [2.05, 4.69) is 23.6 Å². The Kier molecular flexibility index (Phi) is 6.55. The van der Waals surface area contributed by atoms with Gasteiger partial charge in [0.15, 0.2) is 10.1 Å². The molecule has 2 aromatic carbocycles. The van der Waals surface area contributed by atoms with E-state index in [9.17, 15) is 10.1 Å². The van der Waals surface area contributed by atoms with Crippen LogP contribution in [0.25, 0.3) is 10.2 Å². The Hall–Kier alpha value is -3.09. The lowest BCUT2D eigenvalue weighted by molar-refractivity contribution is -0.116. The highest BCUT2D eigenvalue weighted by Crippen LogP contribution is 2.48. The van der Waals surface area contributed by atoms with Gasteiger partial charge in [-0.2, -0.15) is 5.26 Å². The molecule has 6 rings (SSSR count). The van der Waals surface area contributed by atoms with Crippen LogP contribution in [0.1, 0.15) is 35.6 Å². The van der Waals surface area contributed by atoms with Crippen LogP contribution in [0, 0.1) is 11.3 Å². The molecule has 2 aromatic heterocycles. The number of nitrogens with zero attached hydrogens (tertiary/aromatic N) is 3. The van der Waals surface area contributed by atoms with Crippen molar-refractivity contribution >= 4 is 67.7 Å². The number of hydrogen-bond acceptors (Lipinski definition) is 8. The summed E-state index contributed by atoms with van der Waals surface area (Å²) in [4.78, 5) is 20.9. The monoisotopic (exact) mass is 560 g/mol. The second-order valence-electron chi connectivity index (χ2n) is 8.89. The molecule has 0 amide bonds. The van der Waals surface area contributed by atoms with Gasteiger partial charge in [-0.3, -0.25) is 9.69 Å². The summed E-state index contributed by atoms with van der Waals surface area (Å²) in [5.41, 5.74) is 11.5. The molecule has 1 aliphatic carbocycles. The van der Waals surface area contributed by atoms with Crippen LogP contribution in [-0.2, 0) is 10.5 Å². The molecule has 0 spiro atoms. The summed E-state index contributed by atoms with van der Waals surface area (Å²) >= 11 is 11.2. The van der Waals surface area contributed by atoms with Gasteiger partial charge < -0.3 is 5.73 Å². The first-order valence-corrected chi connectivity index (χ1v) is 14.9. The number of hydrogen-bond donors (Lipinski definition) is 1. The van der Waals surface area contributed by atoms with Gasteiger partial charge in [0.25, 0.3) is 0 Å². The molecule has 2 aliphatic rings. The molecular formula is C28H21ClN4OS3. The number of thiazole rings is 1. The lowest BCUT2D eigenvalue weighted by Gasteiger charge is -2.39. The highest BCUT2D eigenvalue weighted by atomic mass is 35.5.